The predicted octanol–water partition coefficient (Wildman–Crippen LogP) is 2.10. The lowest BCUT2D eigenvalue weighted by atomic mass is 9.95. The van der Waals surface area contributed by atoms with Crippen molar-refractivity contribution in [2.24, 2.45) is 0 Å². The second-order valence-electron chi connectivity index (χ2n) is 5.65. The number of rotatable bonds is 1. The molecule has 3 rings (SSSR count). The summed E-state index contributed by atoms with van der Waals surface area (Å²) in [6.45, 7) is 2.71. The van der Waals surface area contributed by atoms with E-state index in [2.05, 4.69) is 34.5 Å². The van der Waals surface area contributed by atoms with Crippen LogP contribution in [0, 0.1) is 0 Å². The zero-order valence-electron chi connectivity index (χ0n) is 11.4. The van der Waals surface area contributed by atoms with E-state index in [4.69, 9.17) is 0 Å². The van der Waals surface area contributed by atoms with Gasteiger partial charge in [0.1, 0.15) is 0 Å². The maximum atomic E-state index is 12.6. The van der Waals surface area contributed by atoms with Gasteiger partial charge in [-0.25, -0.2) is 0 Å². The summed E-state index contributed by atoms with van der Waals surface area (Å²) < 4.78 is 0. The largest absolute Gasteiger partial charge is 0.341 e. The molecule has 1 atom stereocenters. The van der Waals surface area contributed by atoms with E-state index in [0.29, 0.717) is 5.91 Å². The van der Waals surface area contributed by atoms with Crippen molar-refractivity contribution in [3.8, 4) is 0 Å². The highest BCUT2D eigenvalue weighted by molar-refractivity contribution is 5.82. The Balaban J connectivity index is 1.68. The number of benzene rings is 1. The molecule has 0 radical (unpaired) electrons. The summed E-state index contributed by atoms with van der Waals surface area (Å²) in [6, 6.07) is 8.41. The fraction of sp³-hybridized carbons (Fsp3) is 0.562. The minimum absolute atomic E-state index is 0.0204. The number of carbonyl (C=O) groups excluding carboxylic acids is 1. The number of hydrogen-bond acceptors (Lipinski definition) is 2. The van der Waals surface area contributed by atoms with Gasteiger partial charge in [0.25, 0.3) is 0 Å². The van der Waals surface area contributed by atoms with Crippen molar-refractivity contribution >= 4 is 5.91 Å². The Morgan fingerprint density at radius 1 is 1.05 bits per heavy atom. The molecular formula is C16H22N2O. The van der Waals surface area contributed by atoms with Crippen LogP contribution in [-0.2, 0) is 17.8 Å². The van der Waals surface area contributed by atoms with Crippen LogP contribution in [0.1, 0.15) is 36.8 Å². The van der Waals surface area contributed by atoms with Crippen LogP contribution in [0.5, 0.6) is 0 Å². The molecule has 0 spiro atoms. The Kier molecular flexibility index (Phi) is 3.83. The van der Waals surface area contributed by atoms with Gasteiger partial charge in [-0.3, -0.25) is 4.79 Å². The van der Waals surface area contributed by atoms with Crippen LogP contribution in [0.3, 0.4) is 0 Å². The molecule has 1 unspecified atom stereocenters. The minimum Gasteiger partial charge on any atom is -0.341 e. The van der Waals surface area contributed by atoms with Gasteiger partial charge in [-0.2, -0.15) is 0 Å². The highest BCUT2D eigenvalue weighted by Gasteiger charge is 2.27. The highest BCUT2D eigenvalue weighted by atomic mass is 16.2. The zero-order chi connectivity index (χ0) is 13.1. The fourth-order valence-electron chi connectivity index (χ4n) is 3.14. The summed E-state index contributed by atoms with van der Waals surface area (Å²) in [5, 5.41) is 3.40. The van der Waals surface area contributed by atoms with E-state index in [-0.39, 0.29) is 6.04 Å². The Morgan fingerprint density at radius 3 is 2.47 bits per heavy atom. The van der Waals surface area contributed by atoms with Gasteiger partial charge in [0.2, 0.25) is 5.91 Å². The summed E-state index contributed by atoms with van der Waals surface area (Å²) in [6.07, 6.45) is 5.70. The second-order valence-corrected chi connectivity index (χ2v) is 5.65. The maximum absolute atomic E-state index is 12.6. The van der Waals surface area contributed by atoms with Gasteiger partial charge in [0.15, 0.2) is 0 Å². The van der Waals surface area contributed by atoms with Crippen LogP contribution in [0.25, 0.3) is 0 Å². The molecule has 3 nitrogen and oxygen atoms in total. The van der Waals surface area contributed by atoms with Crippen molar-refractivity contribution in [3.63, 3.8) is 0 Å². The van der Waals surface area contributed by atoms with Crippen LogP contribution in [0.15, 0.2) is 24.3 Å². The smallest absolute Gasteiger partial charge is 0.240 e. The second kappa shape index (κ2) is 5.74. The van der Waals surface area contributed by atoms with Crippen molar-refractivity contribution in [2.45, 2.75) is 44.7 Å². The average Bonchev–Trinajstić information content (AvgIpc) is 2.75. The molecule has 0 saturated carbocycles. The van der Waals surface area contributed by atoms with Crippen molar-refractivity contribution in [1.82, 2.24) is 10.2 Å². The van der Waals surface area contributed by atoms with E-state index < -0.39 is 0 Å². The van der Waals surface area contributed by atoms with E-state index in [0.717, 1.165) is 38.9 Å². The van der Waals surface area contributed by atoms with E-state index >= 15 is 0 Å². The molecule has 19 heavy (non-hydrogen) atoms. The van der Waals surface area contributed by atoms with Crippen molar-refractivity contribution in [2.75, 3.05) is 13.1 Å². The summed E-state index contributed by atoms with van der Waals surface area (Å²) >= 11 is 0. The Labute approximate surface area is 115 Å². The molecule has 2 aliphatic heterocycles. The third-order valence-corrected chi connectivity index (χ3v) is 4.30. The number of hydrogen-bond donors (Lipinski definition) is 1. The first-order chi connectivity index (χ1) is 9.34. The quantitative estimate of drug-likeness (QED) is 0.836. The predicted molar refractivity (Wildman–Crippen MR) is 75.8 cm³/mol. The number of nitrogens with one attached hydrogen (secondary N) is 1. The molecule has 1 saturated heterocycles. The third kappa shape index (κ3) is 2.81. The number of amides is 1. The maximum Gasteiger partial charge on any atom is 0.240 e. The molecule has 1 aromatic rings. The molecule has 0 bridgehead atoms. The molecular weight excluding hydrogens is 236 g/mol. The minimum atomic E-state index is -0.0204. The summed E-state index contributed by atoms with van der Waals surface area (Å²) in [4.78, 5) is 14.6. The molecule has 1 aromatic carbocycles. The van der Waals surface area contributed by atoms with Gasteiger partial charge < -0.3 is 10.2 Å². The first-order valence-corrected chi connectivity index (χ1v) is 7.43. The number of carbonyl (C=O) groups is 1. The molecule has 102 valence electrons. The Morgan fingerprint density at radius 2 is 1.74 bits per heavy atom. The average molecular weight is 258 g/mol. The molecule has 1 fully saturated rings. The van der Waals surface area contributed by atoms with Gasteiger partial charge >= 0.3 is 0 Å². The molecule has 1 amide bonds. The van der Waals surface area contributed by atoms with Gasteiger partial charge in [-0.1, -0.05) is 37.1 Å². The SMILES string of the molecule is O=C(C1Cc2ccccc2CN1)N1CCCCCC1. The normalized spacial score (nSPS) is 23.6. The third-order valence-electron chi connectivity index (χ3n) is 4.30. The van der Waals surface area contributed by atoms with Gasteiger partial charge in [-0.05, 0) is 30.4 Å². The van der Waals surface area contributed by atoms with Crippen molar-refractivity contribution in [1.29, 1.82) is 0 Å². The molecule has 0 aromatic heterocycles. The van der Waals surface area contributed by atoms with Gasteiger partial charge in [-0.15, -0.1) is 0 Å². The summed E-state index contributed by atoms with van der Waals surface area (Å²) in [7, 11) is 0. The van der Waals surface area contributed by atoms with E-state index in [1.54, 1.807) is 0 Å². The van der Waals surface area contributed by atoms with Crippen molar-refractivity contribution < 1.29 is 4.79 Å². The summed E-state index contributed by atoms with van der Waals surface area (Å²) in [5.41, 5.74) is 2.66. The van der Waals surface area contributed by atoms with E-state index in [9.17, 15) is 4.79 Å². The standard InChI is InChI=1S/C16H22N2O/c19-16(18-9-5-1-2-6-10-18)15-11-13-7-3-4-8-14(13)12-17-15/h3-4,7-8,15,17H,1-2,5-6,9-12H2. The first-order valence-electron chi connectivity index (χ1n) is 7.43. The molecule has 2 aliphatic rings. The summed E-state index contributed by atoms with van der Waals surface area (Å²) in [5.74, 6) is 0.302. The van der Waals surface area contributed by atoms with Gasteiger partial charge in [0.05, 0.1) is 6.04 Å². The topological polar surface area (TPSA) is 32.3 Å². The van der Waals surface area contributed by atoms with E-state index in [1.807, 2.05) is 0 Å². The molecule has 3 heteroatoms. The highest BCUT2D eigenvalue weighted by Crippen LogP contribution is 2.18. The van der Waals surface area contributed by atoms with Gasteiger partial charge in [0, 0.05) is 19.6 Å². The van der Waals surface area contributed by atoms with Crippen LogP contribution in [0.2, 0.25) is 0 Å². The monoisotopic (exact) mass is 258 g/mol. The lowest BCUT2D eigenvalue weighted by Crippen LogP contribution is -2.49. The first kappa shape index (κ1) is 12.7. The lowest BCUT2D eigenvalue weighted by molar-refractivity contribution is -0.133. The lowest BCUT2D eigenvalue weighted by Gasteiger charge is -2.30. The van der Waals surface area contributed by atoms with Crippen LogP contribution in [-0.4, -0.2) is 29.9 Å². The fourth-order valence-corrected chi connectivity index (χ4v) is 3.14. The zero-order valence-corrected chi connectivity index (χ0v) is 11.4. The van der Waals surface area contributed by atoms with Crippen LogP contribution < -0.4 is 5.32 Å². The molecule has 1 N–H and O–H groups in total. The van der Waals surface area contributed by atoms with Crippen LogP contribution >= 0.6 is 0 Å². The van der Waals surface area contributed by atoms with Crippen LogP contribution in [0.4, 0.5) is 0 Å². The van der Waals surface area contributed by atoms with Crippen molar-refractivity contribution in [3.05, 3.63) is 35.4 Å². The number of likely N-dealkylation sites (tertiary alicyclic amines) is 1. The number of nitrogens with zero attached hydrogens (tertiary/aromatic N) is 1. The Hall–Kier alpha value is -1.35. The molecule has 0 aliphatic carbocycles. The Bertz CT molecular complexity index is 450. The van der Waals surface area contributed by atoms with E-state index in [1.165, 1.54) is 24.0 Å². The molecule has 2 heterocycles. The number of fused-ring (bicyclic) bond motifs is 1.